The fourth-order valence-electron chi connectivity index (χ4n) is 3.40. The lowest BCUT2D eigenvalue weighted by Crippen LogP contribution is -2.15. The fourth-order valence-corrected chi connectivity index (χ4v) is 3.40. The maximum Gasteiger partial charge on any atom is -0.0190 e. The van der Waals surface area contributed by atoms with Crippen molar-refractivity contribution >= 4 is 0 Å². The molecule has 0 bridgehead atoms. The maximum absolute atomic E-state index is 2.48. The normalized spacial score (nSPS) is 20.6. The molecule has 2 unspecified atom stereocenters. The Hall–Kier alpha value is -0.780. The van der Waals surface area contributed by atoms with Crippen LogP contribution in [0.4, 0.5) is 0 Å². The smallest absolute Gasteiger partial charge is 0.0190 e. The highest BCUT2D eigenvalue weighted by Gasteiger charge is 2.20. The molecule has 100 valence electrons. The molecule has 1 aromatic rings. The number of hydrogen-bond acceptors (Lipinski definition) is 0. The van der Waals surface area contributed by atoms with Crippen molar-refractivity contribution in [1.29, 1.82) is 0 Å². The van der Waals surface area contributed by atoms with Gasteiger partial charge >= 0.3 is 0 Å². The zero-order valence-electron chi connectivity index (χ0n) is 12.1. The van der Waals surface area contributed by atoms with Gasteiger partial charge in [0.15, 0.2) is 0 Å². The van der Waals surface area contributed by atoms with Crippen LogP contribution in [-0.2, 0) is 0 Å². The Bertz CT molecular complexity index is 321. The summed E-state index contributed by atoms with van der Waals surface area (Å²) < 4.78 is 0. The van der Waals surface area contributed by atoms with Crippen LogP contribution in [0.1, 0.15) is 70.3 Å². The molecule has 2 atom stereocenters. The van der Waals surface area contributed by atoms with Crippen molar-refractivity contribution in [2.75, 3.05) is 0 Å². The van der Waals surface area contributed by atoms with Crippen molar-refractivity contribution in [2.24, 2.45) is 11.8 Å². The van der Waals surface area contributed by atoms with Crippen LogP contribution in [0.15, 0.2) is 30.3 Å². The lowest BCUT2D eigenvalue weighted by molar-refractivity contribution is 0.246. The largest absolute Gasteiger partial charge is 0.0622 e. The minimum atomic E-state index is 0.720. The molecule has 0 saturated heterocycles. The van der Waals surface area contributed by atoms with Crippen molar-refractivity contribution < 1.29 is 0 Å². The van der Waals surface area contributed by atoms with E-state index < -0.39 is 0 Å². The second-order valence-corrected chi connectivity index (χ2v) is 6.26. The monoisotopic (exact) mass is 244 g/mol. The van der Waals surface area contributed by atoms with E-state index in [0.717, 1.165) is 17.8 Å². The fraction of sp³-hybridized carbons (Fsp3) is 0.667. The SMILES string of the molecule is CC(CCC(C)C1CCCCC1)c1ccccc1. The molecule has 2 rings (SSSR count). The molecule has 0 aliphatic heterocycles. The zero-order chi connectivity index (χ0) is 12.8. The molecule has 0 heteroatoms. The first kappa shape index (κ1) is 13.6. The molecule has 0 aromatic heterocycles. The first-order valence-corrected chi connectivity index (χ1v) is 7.82. The molecule has 1 aromatic carbocycles. The topological polar surface area (TPSA) is 0 Å². The lowest BCUT2D eigenvalue weighted by Gasteiger charge is -2.28. The molecular weight excluding hydrogens is 216 g/mol. The van der Waals surface area contributed by atoms with E-state index in [-0.39, 0.29) is 0 Å². The summed E-state index contributed by atoms with van der Waals surface area (Å²) in [6.07, 6.45) is 10.2. The predicted octanol–water partition coefficient (Wildman–Crippen LogP) is 5.79. The second-order valence-electron chi connectivity index (χ2n) is 6.26. The molecule has 18 heavy (non-hydrogen) atoms. The van der Waals surface area contributed by atoms with Crippen molar-refractivity contribution in [1.82, 2.24) is 0 Å². The highest BCUT2D eigenvalue weighted by atomic mass is 14.3. The molecular formula is C18H28. The van der Waals surface area contributed by atoms with Crippen LogP contribution in [-0.4, -0.2) is 0 Å². The van der Waals surface area contributed by atoms with Gasteiger partial charge in [0.25, 0.3) is 0 Å². The Balaban J connectivity index is 1.76. The Labute approximate surface area is 113 Å². The molecule has 1 saturated carbocycles. The molecule has 1 fully saturated rings. The molecule has 1 aliphatic carbocycles. The summed E-state index contributed by atoms with van der Waals surface area (Å²) in [5.74, 6) is 2.66. The molecule has 0 amide bonds. The van der Waals surface area contributed by atoms with Crippen LogP contribution in [0, 0.1) is 11.8 Å². The van der Waals surface area contributed by atoms with Gasteiger partial charge in [0, 0.05) is 0 Å². The molecule has 0 spiro atoms. The average Bonchev–Trinajstić information content (AvgIpc) is 2.46. The summed E-state index contributed by atoms with van der Waals surface area (Å²) in [6, 6.07) is 11.0. The van der Waals surface area contributed by atoms with Gasteiger partial charge in [-0.2, -0.15) is 0 Å². The summed E-state index contributed by atoms with van der Waals surface area (Å²) in [5, 5.41) is 0. The Kier molecular flexibility index (Phi) is 5.28. The average molecular weight is 244 g/mol. The van der Waals surface area contributed by atoms with Crippen molar-refractivity contribution in [3.05, 3.63) is 35.9 Å². The van der Waals surface area contributed by atoms with Gasteiger partial charge in [-0.1, -0.05) is 76.3 Å². The highest BCUT2D eigenvalue weighted by Crippen LogP contribution is 2.33. The molecule has 0 nitrogen and oxygen atoms in total. The highest BCUT2D eigenvalue weighted by molar-refractivity contribution is 5.18. The summed E-state index contributed by atoms with van der Waals surface area (Å²) in [6.45, 7) is 4.86. The van der Waals surface area contributed by atoms with E-state index in [1.54, 1.807) is 0 Å². The van der Waals surface area contributed by atoms with Gasteiger partial charge in [-0.05, 0) is 36.2 Å². The zero-order valence-corrected chi connectivity index (χ0v) is 12.1. The van der Waals surface area contributed by atoms with Crippen molar-refractivity contribution in [3.8, 4) is 0 Å². The van der Waals surface area contributed by atoms with Gasteiger partial charge < -0.3 is 0 Å². The Morgan fingerprint density at radius 2 is 1.61 bits per heavy atom. The number of hydrogen-bond donors (Lipinski definition) is 0. The van der Waals surface area contributed by atoms with Gasteiger partial charge in [-0.15, -0.1) is 0 Å². The first-order valence-electron chi connectivity index (χ1n) is 7.82. The Morgan fingerprint density at radius 3 is 2.28 bits per heavy atom. The minimum absolute atomic E-state index is 0.720. The molecule has 0 heterocycles. The van der Waals surface area contributed by atoms with Gasteiger partial charge in [0.1, 0.15) is 0 Å². The summed E-state index contributed by atoms with van der Waals surface area (Å²) >= 11 is 0. The van der Waals surface area contributed by atoms with Crippen LogP contribution in [0.25, 0.3) is 0 Å². The van der Waals surface area contributed by atoms with E-state index in [4.69, 9.17) is 0 Å². The summed E-state index contributed by atoms with van der Waals surface area (Å²) in [7, 11) is 0. The van der Waals surface area contributed by atoms with Crippen LogP contribution in [0.5, 0.6) is 0 Å². The summed E-state index contributed by atoms with van der Waals surface area (Å²) in [5.41, 5.74) is 1.51. The van der Waals surface area contributed by atoms with Crippen LogP contribution in [0.3, 0.4) is 0 Å². The first-order chi connectivity index (χ1) is 8.77. The quantitative estimate of drug-likeness (QED) is 0.615. The van der Waals surface area contributed by atoms with Gasteiger partial charge in [0.2, 0.25) is 0 Å². The van der Waals surface area contributed by atoms with Crippen LogP contribution >= 0.6 is 0 Å². The third kappa shape index (κ3) is 3.86. The number of rotatable bonds is 5. The van der Waals surface area contributed by atoms with E-state index in [1.807, 2.05) is 0 Å². The van der Waals surface area contributed by atoms with E-state index in [0.29, 0.717) is 0 Å². The van der Waals surface area contributed by atoms with E-state index >= 15 is 0 Å². The summed E-state index contributed by atoms with van der Waals surface area (Å²) in [4.78, 5) is 0. The van der Waals surface area contributed by atoms with E-state index in [2.05, 4.69) is 44.2 Å². The minimum Gasteiger partial charge on any atom is -0.0622 e. The second kappa shape index (κ2) is 6.97. The number of benzene rings is 1. The molecule has 1 aliphatic rings. The van der Waals surface area contributed by atoms with Crippen molar-refractivity contribution in [3.63, 3.8) is 0 Å². The van der Waals surface area contributed by atoms with E-state index in [1.165, 1.54) is 50.5 Å². The third-order valence-corrected chi connectivity index (χ3v) is 4.88. The predicted molar refractivity (Wildman–Crippen MR) is 79.8 cm³/mol. The van der Waals surface area contributed by atoms with E-state index in [9.17, 15) is 0 Å². The van der Waals surface area contributed by atoms with Crippen LogP contribution < -0.4 is 0 Å². The Morgan fingerprint density at radius 1 is 0.944 bits per heavy atom. The standard InChI is InChI=1S/C18H28/c1-15(17-9-5-3-6-10-17)13-14-16(2)18-11-7-4-8-12-18/h3,5-6,9-10,15-16,18H,4,7-8,11-14H2,1-2H3. The van der Waals surface area contributed by atoms with Crippen molar-refractivity contribution in [2.45, 2.75) is 64.7 Å². The van der Waals surface area contributed by atoms with Crippen LogP contribution in [0.2, 0.25) is 0 Å². The molecule has 0 radical (unpaired) electrons. The van der Waals surface area contributed by atoms with Gasteiger partial charge in [-0.25, -0.2) is 0 Å². The lowest BCUT2D eigenvalue weighted by atomic mass is 9.78. The third-order valence-electron chi connectivity index (χ3n) is 4.88. The maximum atomic E-state index is 2.48. The molecule has 0 N–H and O–H groups in total. The van der Waals surface area contributed by atoms with Gasteiger partial charge in [0.05, 0.1) is 0 Å². The van der Waals surface area contributed by atoms with Gasteiger partial charge in [-0.3, -0.25) is 0 Å².